The number of carbonyl (C=O) groups is 1. The number of benzene rings is 2. The van der Waals surface area contributed by atoms with E-state index in [-0.39, 0.29) is 17.8 Å². The molecule has 1 aromatic heterocycles. The Bertz CT molecular complexity index is 1120. The van der Waals surface area contributed by atoms with Crippen molar-refractivity contribution in [1.29, 1.82) is 0 Å². The highest BCUT2D eigenvalue weighted by atomic mass is 35.5. The molecule has 0 saturated heterocycles. The van der Waals surface area contributed by atoms with Crippen LogP contribution in [0, 0.1) is 11.8 Å². The fourth-order valence-corrected chi connectivity index (χ4v) is 3.75. The first-order chi connectivity index (χ1) is 15.2. The number of ether oxygens (including phenoxy) is 2. The molecule has 4 rings (SSSR count). The molecule has 0 unspecified atom stereocenters. The zero-order valence-corrected chi connectivity index (χ0v) is 17.6. The lowest BCUT2D eigenvalue weighted by atomic mass is 9.98. The third-order valence-electron chi connectivity index (χ3n) is 5.00. The predicted molar refractivity (Wildman–Crippen MR) is 118 cm³/mol. The lowest BCUT2D eigenvalue weighted by molar-refractivity contribution is 0.143. The van der Waals surface area contributed by atoms with E-state index < -0.39 is 6.09 Å². The largest absolute Gasteiger partial charge is 0.480 e. The summed E-state index contributed by atoms with van der Waals surface area (Å²) in [6.07, 6.45) is 1.48. The van der Waals surface area contributed by atoms with Crippen molar-refractivity contribution in [1.82, 2.24) is 15.3 Å². The highest BCUT2D eigenvalue weighted by molar-refractivity contribution is 6.28. The molecule has 1 N–H and O–H groups in total. The summed E-state index contributed by atoms with van der Waals surface area (Å²) in [5, 5.41) is 2.83. The molecule has 0 bridgehead atoms. The molecule has 3 aromatic rings. The van der Waals surface area contributed by atoms with Gasteiger partial charge in [0, 0.05) is 18.9 Å². The molecule has 0 radical (unpaired) electrons. The predicted octanol–water partition coefficient (Wildman–Crippen LogP) is 4.42. The molecule has 1 heterocycles. The Labute approximate surface area is 185 Å². The molecule has 1 aliphatic rings. The van der Waals surface area contributed by atoms with Crippen LogP contribution in [0.3, 0.4) is 0 Å². The summed E-state index contributed by atoms with van der Waals surface area (Å²) in [5.74, 6) is 6.22. The van der Waals surface area contributed by atoms with Crippen molar-refractivity contribution in [3.63, 3.8) is 0 Å². The van der Waals surface area contributed by atoms with Gasteiger partial charge in [0.1, 0.15) is 12.2 Å². The number of nitrogens with zero attached hydrogens (tertiary/aromatic N) is 2. The average Bonchev–Trinajstić information content (AvgIpc) is 3.12. The number of amides is 1. The maximum atomic E-state index is 12.2. The van der Waals surface area contributed by atoms with Crippen LogP contribution in [0.1, 0.15) is 29.0 Å². The Morgan fingerprint density at radius 2 is 1.81 bits per heavy atom. The minimum atomic E-state index is -0.462. The lowest BCUT2D eigenvalue weighted by Crippen LogP contribution is -2.26. The van der Waals surface area contributed by atoms with Gasteiger partial charge in [0.15, 0.2) is 0 Å². The number of hydrogen-bond donors (Lipinski definition) is 1. The Morgan fingerprint density at radius 3 is 2.48 bits per heavy atom. The van der Waals surface area contributed by atoms with E-state index in [1.807, 2.05) is 24.3 Å². The standard InChI is InChI=1S/C24H20ClN3O3/c1-30-22-16(14-27-23(25)28-22)8-6-7-13-26-24(29)31-15-21-19-11-4-2-9-17(19)18-10-3-5-12-20(18)21/h2-5,9-12,14,21H,7,13,15H2,1H3,(H,26,29). The van der Waals surface area contributed by atoms with Crippen molar-refractivity contribution in [2.24, 2.45) is 0 Å². The Balaban J connectivity index is 1.29. The molecule has 156 valence electrons. The van der Waals surface area contributed by atoms with Crippen LogP contribution in [-0.4, -0.2) is 36.3 Å². The van der Waals surface area contributed by atoms with Crippen LogP contribution in [0.5, 0.6) is 5.88 Å². The van der Waals surface area contributed by atoms with Crippen LogP contribution in [-0.2, 0) is 4.74 Å². The molecular weight excluding hydrogens is 414 g/mol. The summed E-state index contributed by atoms with van der Waals surface area (Å²) in [5.41, 5.74) is 5.30. The molecule has 1 amide bonds. The molecule has 0 spiro atoms. The van der Waals surface area contributed by atoms with Crippen molar-refractivity contribution >= 4 is 17.7 Å². The first-order valence-corrected chi connectivity index (χ1v) is 10.2. The van der Waals surface area contributed by atoms with Gasteiger partial charge >= 0.3 is 6.09 Å². The first kappa shape index (κ1) is 20.7. The molecule has 0 atom stereocenters. The fourth-order valence-electron chi connectivity index (χ4n) is 3.62. The van der Waals surface area contributed by atoms with E-state index in [0.29, 0.717) is 24.4 Å². The second-order valence-electron chi connectivity index (χ2n) is 6.87. The number of hydrogen-bond acceptors (Lipinski definition) is 5. The fraction of sp³-hybridized carbons (Fsp3) is 0.208. The van der Waals surface area contributed by atoms with E-state index >= 15 is 0 Å². The summed E-state index contributed by atoms with van der Waals surface area (Å²) in [7, 11) is 1.49. The van der Waals surface area contributed by atoms with Crippen LogP contribution >= 0.6 is 11.6 Å². The molecule has 7 heteroatoms. The Kier molecular flexibility index (Phi) is 6.34. The molecule has 2 aromatic carbocycles. The molecular formula is C24H20ClN3O3. The van der Waals surface area contributed by atoms with Gasteiger partial charge in [0.25, 0.3) is 0 Å². The molecule has 1 aliphatic carbocycles. The van der Waals surface area contributed by atoms with Gasteiger partial charge in [-0.05, 0) is 33.9 Å². The molecule has 6 nitrogen and oxygen atoms in total. The van der Waals surface area contributed by atoms with Gasteiger partial charge in [0.2, 0.25) is 11.2 Å². The minimum Gasteiger partial charge on any atom is -0.480 e. The zero-order valence-electron chi connectivity index (χ0n) is 16.9. The summed E-state index contributed by atoms with van der Waals surface area (Å²) >= 11 is 5.74. The van der Waals surface area contributed by atoms with Crippen LogP contribution in [0.15, 0.2) is 54.7 Å². The third-order valence-corrected chi connectivity index (χ3v) is 5.19. The van der Waals surface area contributed by atoms with Gasteiger partial charge in [-0.15, -0.1) is 0 Å². The van der Waals surface area contributed by atoms with Crippen LogP contribution < -0.4 is 10.1 Å². The van der Waals surface area contributed by atoms with Gasteiger partial charge in [-0.25, -0.2) is 9.78 Å². The van der Waals surface area contributed by atoms with Gasteiger partial charge in [-0.3, -0.25) is 0 Å². The summed E-state index contributed by atoms with van der Waals surface area (Å²) in [6, 6.07) is 16.5. The molecule has 0 saturated carbocycles. The maximum absolute atomic E-state index is 12.2. The van der Waals surface area contributed by atoms with E-state index in [2.05, 4.69) is 51.4 Å². The third kappa shape index (κ3) is 4.62. The number of alkyl carbamates (subject to hydrolysis) is 1. The number of aromatic nitrogens is 2. The summed E-state index contributed by atoms with van der Waals surface area (Å²) < 4.78 is 10.6. The van der Waals surface area contributed by atoms with E-state index in [1.54, 1.807) is 0 Å². The molecule has 31 heavy (non-hydrogen) atoms. The first-order valence-electron chi connectivity index (χ1n) is 9.81. The number of methoxy groups -OCH3 is 1. The zero-order chi connectivity index (χ0) is 21.6. The summed E-state index contributed by atoms with van der Waals surface area (Å²) in [6.45, 7) is 0.644. The lowest BCUT2D eigenvalue weighted by Gasteiger charge is -2.14. The van der Waals surface area contributed by atoms with Gasteiger partial charge in [0.05, 0.1) is 13.3 Å². The average molecular weight is 434 g/mol. The second kappa shape index (κ2) is 9.50. The highest BCUT2D eigenvalue weighted by Gasteiger charge is 2.28. The molecule has 0 fully saturated rings. The quantitative estimate of drug-likeness (QED) is 0.366. The van der Waals surface area contributed by atoms with Crippen molar-refractivity contribution in [3.05, 3.63) is 76.7 Å². The number of nitrogens with one attached hydrogen (secondary N) is 1. The number of rotatable bonds is 5. The van der Waals surface area contributed by atoms with Crippen molar-refractivity contribution < 1.29 is 14.3 Å². The van der Waals surface area contributed by atoms with Crippen molar-refractivity contribution in [2.45, 2.75) is 12.3 Å². The monoisotopic (exact) mass is 433 g/mol. The smallest absolute Gasteiger partial charge is 0.407 e. The van der Waals surface area contributed by atoms with E-state index in [4.69, 9.17) is 21.1 Å². The van der Waals surface area contributed by atoms with Gasteiger partial charge in [-0.2, -0.15) is 4.98 Å². The van der Waals surface area contributed by atoms with Crippen molar-refractivity contribution in [3.8, 4) is 28.8 Å². The topological polar surface area (TPSA) is 73.3 Å². The van der Waals surface area contributed by atoms with E-state index in [0.717, 1.165) is 0 Å². The van der Waals surface area contributed by atoms with E-state index in [9.17, 15) is 4.79 Å². The maximum Gasteiger partial charge on any atom is 0.407 e. The van der Waals surface area contributed by atoms with Crippen molar-refractivity contribution in [2.75, 3.05) is 20.3 Å². The Morgan fingerprint density at radius 1 is 1.13 bits per heavy atom. The van der Waals surface area contributed by atoms with Crippen LogP contribution in [0.2, 0.25) is 5.28 Å². The number of halogens is 1. The van der Waals surface area contributed by atoms with Crippen LogP contribution in [0.4, 0.5) is 4.79 Å². The highest BCUT2D eigenvalue weighted by Crippen LogP contribution is 2.44. The Hall–Kier alpha value is -3.56. The number of fused-ring (bicyclic) bond motifs is 3. The second-order valence-corrected chi connectivity index (χ2v) is 7.20. The van der Waals surface area contributed by atoms with Gasteiger partial charge in [-0.1, -0.05) is 60.4 Å². The SMILES string of the molecule is COc1nc(Cl)ncc1C#CCCNC(=O)OCC1c2ccccc2-c2ccccc21. The number of carbonyl (C=O) groups excluding carboxylic acids is 1. The van der Waals surface area contributed by atoms with E-state index in [1.165, 1.54) is 35.6 Å². The van der Waals surface area contributed by atoms with Crippen LogP contribution in [0.25, 0.3) is 11.1 Å². The molecule has 0 aliphatic heterocycles. The van der Waals surface area contributed by atoms with Gasteiger partial charge < -0.3 is 14.8 Å². The summed E-state index contributed by atoms with van der Waals surface area (Å²) in [4.78, 5) is 20.0. The normalized spacial score (nSPS) is 11.7. The minimum absolute atomic E-state index is 0.0373.